The molecule has 0 aliphatic heterocycles. The molecule has 0 fully saturated rings. The van der Waals surface area contributed by atoms with E-state index in [1.165, 1.54) is 5.57 Å². The molecule has 0 heterocycles. The molecule has 1 aromatic rings. The van der Waals surface area contributed by atoms with Gasteiger partial charge in [-0.05, 0) is 30.5 Å². The highest BCUT2D eigenvalue weighted by Gasteiger charge is 2.11. The first-order valence-electron chi connectivity index (χ1n) is 6.93. The third-order valence-corrected chi connectivity index (χ3v) is 2.86. The molecule has 19 heavy (non-hydrogen) atoms. The number of amides is 1. The van der Waals surface area contributed by atoms with E-state index in [-0.39, 0.29) is 5.91 Å². The molecule has 0 unspecified atom stereocenters. The normalized spacial score (nSPS) is 13.1. The summed E-state index contributed by atoms with van der Waals surface area (Å²) >= 11 is 0. The van der Waals surface area contributed by atoms with E-state index in [0.29, 0.717) is 6.54 Å². The molecule has 2 rings (SSSR count). The third-order valence-electron chi connectivity index (χ3n) is 2.86. The Morgan fingerprint density at radius 1 is 1.16 bits per heavy atom. The first-order chi connectivity index (χ1) is 9.27. The van der Waals surface area contributed by atoms with Gasteiger partial charge in [0.2, 0.25) is 0 Å². The molecule has 0 saturated heterocycles. The number of nitrogens with zero attached hydrogens (tertiary/aromatic N) is 1. The summed E-state index contributed by atoms with van der Waals surface area (Å²) in [6, 6.07) is 9.40. The Kier molecular flexibility index (Phi) is 6.65. The first kappa shape index (κ1) is 15.2. The fourth-order valence-corrected chi connectivity index (χ4v) is 1.93. The van der Waals surface area contributed by atoms with Crippen LogP contribution in [0.5, 0.6) is 0 Å². The van der Waals surface area contributed by atoms with Gasteiger partial charge in [-0.15, -0.1) is 0 Å². The quantitative estimate of drug-likeness (QED) is 0.799. The van der Waals surface area contributed by atoms with E-state index in [1.807, 2.05) is 51.2 Å². The Morgan fingerprint density at radius 2 is 1.84 bits per heavy atom. The van der Waals surface area contributed by atoms with Crippen molar-refractivity contribution < 1.29 is 4.79 Å². The summed E-state index contributed by atoms with van der Waals surface area (Å²) in [5.41, 5.74) is 1.97. The van der Waals surface area contributed by atoms with Crippen LogP contribution in [0.4, 0.5) is 0 Å². The molecule has 0 N–H and O–H groups in total. The van der Waals surface area contributed by atoms with Crippen LogP contribution < -0.4 is 0 Å². The molecule has 0 saturated carbocycles. The van der Waals surface area contributed by atoms with E-state index < -0.39 is 0 Å². The van der Waals surface area contributed by atoms with Crippen molar-refractivity contribution in [3.05, 3.63) is 59.7 Å². The molecule has 0 radical (unpaired) electrons. The van der Waals surface area contributed by atoms with E-state index in [1.54, 1.807) is 4.90 Å². The summed E-state index contributed by atoms with van der Waals surface area (Å²) in [4.78, 5) is 13.9. The second-order valence-corrected chi connectivity index (χ2v) is 4.29. The number of allylic oxidation sites excluding steroid dienone is 2. The maximum Gasteiger partial charge on any atom is 0.253 e. The fraction of sp³-hybridized carbons (Fsp3) is 0.353. The van der Waals surface area contributed by atoms with Crippen molar-refractivity contribution in [2.24, 2.45) is 0 Å². The largest absolute Gasteiger partial charge is 0.337 e. The Hall–Kier alpha value is -1.83. The number of carbonyl (C=O) groups is 1. The second-order valence-electron chi connectivity index (χ2n) is 4.29. The van der Waals surface area contributed by atoms with Crippen LogP contribution in [0.3, 0.4) is 0 Å². The van der Waals surface area contributed by atoms with Gasteiger partial charge in [0, 0.05) is 19.2 Å². The average Bonchev–Trinajstić information content (AvgIpc) is 2.50. The molecule has 0 spiro atoms. The molecule has 1 aromatic carbocycles. The number of carbonyl (C=O) groups excluding carboxylic acids is 1. The van der Waals surface area contributed by atoms with Gasteiger partial charge in [-0.1, -0.05) is 50.3 Å². The van der Waals surface area contributed by atoms with Gasteiger partial charge in [0.1, 0.15) is 0 Å². The Morgan fingerprint density at radius 3 is 2.42 bits per heavy atom. The lowest BCUT2D eigenvalue weighted by atomic mass is 10.1. The Labute approximate surface area is 116 Å². The molecule has 1 aliphatic carbocycles. The van der Waals surface area contributed by atoms with Gasteiger partial charge in [0.15, 0.2) is 0 Å². The summed E-state index contributed by atoms with van der Waals surface area (Å²) in [6.07, 6.45) is 8.67. The van der Waals surface area contributed by atoms with E-state index in [4.69, 9.17) is 0 Å². The van der Waals surface area contributed by atoms with E-state index in [9.17, 15) is 4.79 Å². The van der Waals surface area contributed by atoms with Crippen LogP contribution in [0.25, 0.3) is 0 Å². The lowest BCUT2D eigenvalue weighted by Crippen LogP contribution is -2.28. The molecule has 102 valence electrons. The maximum absolute atomic E-state index is 12.1. The fourth-order valence-electron chi connectivity index (χ4n) is 1.93. The van der Waals surface area contributed by atoms with Crippen LogP contribution in [0.2, 0.25) is 0 Å². The van der Waals surface area contributed by atoms with Gasteiger partial charge in [-0.25, -0.2) is 0 Å². The second kappa shape index (κ2) is 8.30. The molecule has 0 aromatic heterocycles. The average molecular weight is 257 g/mol. The van der Waals surface area contributed by atoms with Crippen LogP contribution in [0.1, 0.15) is 37.0 Å². The minimum atomic E-state index is 0.0745. The molecule has 0 atom stereocenters. The van der Waals surface area contributed by atoms with Crippen LogP contribution in [0.15, 0.2) is 54.1 Å². The summed E-state index contributed by atoms with van der Waals surface area (Å²) in [5.74, 6) is 0.0745. The van der Waals surface area contributed by atoms with E-state index in [2.05, 4.69) is 18.2 Å². The third kappa shape index (κ3) is 4.74. The molecular formula is C17H23NO. The number of hydrogen-bond acceptors (Lipinski definition) is 1. The predicted molar refractivity (Wildman–Crippen MR) is 81.2 cm³/mol. The summed E-state index contributed by atoms with van der Waals surface area (Å²) in [5, 5.41) is 0. The van der Waals surface area contributed by atoms with Crippen molar-refractivity contribution in [1.82, 2.24) is 4.90 Å². The predicted octanol–water partition coefficient (Wildman–Crippen LogP) is 4.06. The zero-order valence-corrected chi connectivity index (χ0v) is 12.1. The summed E-state index contributed by atoms with van der Waals surface area (Å²) in [6.45, 7) is 4.68. The zero-order valence-electron chi connectivity index (χ0n) is 12.1. The van der Waals surface area contributed by atoms with Crippen LogP contribution >= 0.6 is 0 Å². The Bertz CT molecular complexity index is 446. The van der Waals surface area contributed by atoms with Crippen molar-refractivity contribution in [2.45, 2.75) is 26.7 Å². The standard InChI is InChI=1S/C15H17NO.C2H6/c1-16(12-13-8-4-2-5-9-13)15(17)14-10-6-3-7-11-14;1-2/h3-4,6-11H,2,5,12H2,1H3;1-2H3. The van der Waals surface area contributed by atoms with Crippen molar-refractivity contribution in [2.75, 3.05) is 13.6 Å². The number of hydrogen-bond donors (Lipinski definition) is 0. The lowest BCUT2D eigenvalue weighted by Gasteiger charge is -2.19. The minimum Gasteiger partial charge on any atom is -0.337 e. The molecular weight excluding hydrogens is 234 g/mol. The lowest BCUT2D eigenvalue weighted by molar-refractivity contribution is 0.0807. The van der Waals surface area contributed by atoms with Crippen molar-refractivity contribution in [3.8, 4) is 0 Å². The molecule has 2 heteroatoms. The summed E-state index contributed by atoms with van der Waals surface area (Å²) < 4.78 is 0. The van der Waals surface area contributed by atoms with Crippen LogP contribution in [-0.4, -0.2) is 24.4 Å². The zero-order chi connectivity index (χ0) is 14.1. The van der Waals surface area contributed by atoms with Crippen molar-refractivity contribution >= 4 is 5.91 Å². The van der Waals surface area contributed by atoms with Crippen LogP contribution in [0, 0.1) is 0 Å². The van der Waals surface area contributed by atoms with Gasteiger partial charge in [-0.2, -0.15) is 0 Å². The Balaban J connectivity index is 0.000000861. The minimum absolute atomic E-state index is 0.0745. The van der Waals surface area contributed by atoms with Crippen molar-refractivity contribution in [1.29, 1.82) is 0 Å². The highest BCUT2D eigenvalue weighted by Crippen LogP contribution is 2.12. The van der Waals surface area contributed by atoms with Crippen molar-refractivity contribution in [3.63, 3.8) is 0 Å². The van der Waals surface area contributed by atoms with Gasteiger partial charge >= 0.3 is 0 Å². The highest BCUT2D eigenvalue weighted by molar-refractivity contribution is 5.94. The summed E-state index contributed by atoms with van der Waals surface area (Å²) in [7, 11) is 1.85. The van der Waals surface area contributed by atoms with Crippen LogP contribution in [-0.2, 0) is 0 Å². The van der Waals surface area contributed by atoms with Gasteiger partial charge in [0.25, 0.3) is 5.91 Å². The smallest absolute Gasteiger partial charge is 0.253 e. The highest BCUT2D eigenvalue weighted by atomic mass is 16.2. The van der Waals surface area contributed by atoms with Gasteiger partial charge < -0.3 is 4.90 Å². The van der Waals surface area contributed by atoms with Gasteiger partial charge in [-0.3, -0.25) is 4.79 Å². The first-order valence-corrected chi connectivity index (χ1v) is 6.93. The number of rotatable bonds is 3. The number of likely N-dealkylation sites (N-methyl/N-ethyl adjacent to an activating group) is 1. The molecule has 2 nitrogen and oxygen atoms in total. The number of benzene rings is 1. The van der Waals surface area contributed by atoms with E-state index >= 15 is 0 Å². The SMILES string of the molecule is CC.CN(CC1=CCCC=C1)C(=O)c1ccccc1. The molecule has 0 bridgehead atoms. The van der Waals surface area contributed by atoms with Gasteiger partial charge in [0.05, 0.1) is 0 Å². The topological polar surface area (TPSA) is 20.3 Å². The van der Waals surface area contributed by atoms with E-state index in [0.717, 1.165) is 18.4 Å². The maximum atomic E-state index is 12.1. The molecule has 1 amide bonds. The monoisotopic (exact) mass is 257 g/mol. The molecule has 1 aliphatic rings.